The van der Waals surface area contributed by atoms with Gasteiger partial charge in [-0.1, -0.05) is 6.92 Å². The van der Waals surface area contributed by atoms with Gasteiger partial charge < -0.3 is 21.3 Å². The molecular formula is C10H22N4. The van der Waals surface area contributed by atoms with Gasteiger partial charge in [0.25, 0.3) is 0 Å². The van der Waals surface area contributed by atoms with Crippen LogP contribution in [0.1, 0.15) is 6.92 Å². The summed E-state index contributed by atoms with van der Waals surface area (Å²) in [6.07, 6.45) is 0. The quantitative estimate of drug-likeness (QED) is 0.448. The molecule has 4 nitrogen and oxygen atoms in total. The largest absolute Gasteiger partial charge is 0.314 e. The summed E-state index contributed by atoms with van der Waals surface area (Å²) in [6, 6.07) is 1.25. The van der Waals surface area contributed by atoms with Gasteiger partial charge in [0.1, 0.15) is 0 Å². The third kappa shape index (κ3) is 2.45. The van der Waals surface area contributed by atoms with E-state index in [0.717, 1.165) is 39.3 Å². The molecule has 0 saturated carbocycles. The fourth-order valence-corrected chi connectivity index (χ4v) is 2.38. The summed E-state index contributed by atoms with van der Waals surface area (Å²) in [5, 5.41) is 14.1. The zero-order chi connectivity index (χ0) is 9.80. The van der Waals surface area contributed by atoms with Crippen molar-refractivity contribution >= 4 is 0 Å². The summed E-state index contributed by atoms with van der Waals surface area (Å²) >= 11 is 0. The van der Waals surface area contributed by atoms with Gasteiger partial charge in [-0.3, -0.25) is 0 Å². The maximum atomic E-state index is 3.59. The minimum atomic E-state index is 0.626. The number of hydrogen-bond donors (Lipinski definition) is 4. The molecule has 0 aliphatic carbocycles. The highest BCUT2D eigenvalue weighted by molar-refractivity contribution is 4.89. The molecule has 2 saturated heterocycles. The van der Waals surface area contributed by atoms with Gasteiger partial charge in [0.2, 0.25) is 0 Å². The van der Waals surface area contributed by atoms with E-state index in [1.807, 2.05) is 0 Å². The van der Waals surface area contributed by atoms with Gasteiger partial charge in [-0.05, 0) is 5.92 Å². The third-order valence-corrected chi connectivity index (χ3v) is 3.41. The molecule has 2 fully saturated rings. The van der Waals surface area contributed by atoms with Crippen LogP contribution in [-0.4, -0.2) is 51.4 Å². The summed E-state index contributed by atoms with van der Waals surface area (Å²) in [7, 11) is 0. The van der Waals surface area contributed by atoms with Crippen LogP contribution in [0.25, 0.3) is 0 Å². The molecule has 0 aromatic rings. The van der Waals surface area contributed by atoms with Crippen molar-refractivity contribution in [2.75, 3.05) is 39.3 Å². The van der Waals surface area contributed by atoms with Gasteiger partial charge in [-0.25, -0.2) is 0 Å². The fraction of sp³-hybridized carbons (Fsp3) is 1.00. The zero-order valence-electron chi connectivity index (χ0n) is 8.97. The van der Waals surface area contributed by atoms with Crippen molar-refractivity contribution in [1.82, 2.24) is 21.3 Å². The summed E-state index contributed by atoms with van der Waals surface area (Å²) in [4.78, 5) is 0. The van der Waals surface area contributed by atoms with Crippen LogP contribution in [0.5, 0.6) is 0 Å². The lowest BCUT2D eigenvalue weighted by molar-refractivity contribution is 0.241. The van der Waals surface area contributed by atoms with Crippen LogP contribution in [-0.2, 0) is 0 Å². The number of nitrogens with one attached hydrogen (secondary N) is 4. The molecule has 2 heterocycles. The molecule has 0 aromatic heterocycles. The Morgan fingerprint density at radius 2 is 1.36 bits per heavy atom. The molecule has 14 heavy (non-hydrogen) atoms. The molecule has 2 aliphatic heterocycles. The second kappa shape index (κ2) is 5.07. The van der Waals surface area contributed by atoms with Crippen LogP contribution in [0.4, 0.5) is 0 Å². The first-order valence-electron chi connectivity index (χ1n) is 5.76. The molecular weight excluding hydrogens is 176 g/mol. The molecule has 82 valence electrons. The lowest BCUT2D eigenvalue weighted by Gasteiger charge is -2.37. The van der Waals surface area contributed by atoms with E-state index >= 15 is 0 Å². The van der Waals surface area contributed by atoms with E-state index in [1.54, 1.807) is 0 Å². The van der Waals surface area contributed by atoms with Gasteiger partial charge in [0.05, 0.1) is 0 Å². The van der Waals surface area contributed by atoms with Gasteiger partial charge in [-0.15, -0.1) is 0 Å². The molecule has 2 aliphatic rings. The Morgan fingerprint density at radius 1 is 0.857 bits per heavy atom. The normalized spacial score (nSPS) is 36.6. The number of piperazine rings is 2. The fourth-order valence-electron chi connectivity index (χ4n) is 2.38. The topological polar surface area (TPSA) is 48.1 Å². The van der Waals surface area contributed by atoms with E-state index in [0.29, 0.717) is 18.0 Å². The van der Waals surface area contributed by atoms with Crippen molar-refractivity contribution in [2.45, 2.75) is 19.0 Å². The highest BCUT2D eigenvalue weighted by Gasteiger charge is 2.27. The van der Waals surface area contributed by atoms with E-state index in [2.05, 4.69) is 28.2 Å². The van der Waals surface area contributed by atoms with Crippen molar-refractivity contribution in [3.63, 3.8) is 0 Å². The Morgan fingerprint density at radius 3 is 1.71 bits per heavy atom. The predicted octanol–water partition coefficient (Wildman–Crippen LogP) is -1.25. The molecule has 0 bridgehead atoms. The molecule has 4 N–H and O–H groups in total. The van der Waals surface area contributed by atoms with E-state index in [9.17, 15) is 0 Å². The van der Waals surface area contributed by atoms with Gasteiger partial charge in [0.15, 0.2) is 0 Å². The van der Waals surface area contributed by atoms with Crippen LogP contribution in [0.15, 0.2) is 0 Å². The summed E-state index contributed by atoms with van der Waals surface area (Å²) in [6.45, 7) is 9.00. The molecule has 0 aromatic carbocycles. The standard InChI is InChI=1S/C10H22N4/c1-8(9-6-11-2-4-13-9)10-7-12-3-5-14-10/h8-14H,2-7H2,1H3. The van der Waals surface area contributed by atoms with E-state index in [1.165, 1.54) is 0 Å². The SMILES string of the molecule is CC(C1CNCCN1)C1CNCCN1. The summed E-state index contributed by atoms with van der Waals surface area (Å²) < 4.78 is 0. The van der Waals surface area contributed by atoms with Crippen molar-refractivity contribution in [3.05, 3.63) is 0 Å². The Balaban J connectivity index is 1.82. The highest BCUT2D eigenvalue weighted by atomic mass is 15.1. The first kappa shape index (κ1) is 10.4. The Labute approximate surface area is 86.2 Å². The summed E-state index contributed by atoms with van der Waals surface area (Å²) in [5.74, 6) is 0.690. The van der Waals surface area contributed by atoms with E-state index in [-0.39, 0.29) is 0 Å². The van der Waals surface area contributed by atoms with Crippen molar-refractivity contribution in [2.24, 2.45) is 5.92 Å². The highest BCUT2D eigenvalue weighted by Crippen LogP contribution is 2.10. The van der Waals surface area contributed by atoms with Gasteiger partial charge >= 0.3 is 0 Å². The third-order valence-electron chi connectivity index (χ3n) is 3.41. The van der Waals surface area contributed by atoms with Crippen LogP contribution < -0.4 is 21.3 Å². The van der Waals surface area contributed by atoms with Crippen LogP contribution in [0, 0.1) is 5.92 Å². The molecule has 2 rings (SSSR count). The zero-order valence-corrected chi connectivity index (χ0v) is 8.97. The minimum absolute atomic E-state index is 0.626. The first-order chi connectivity index (χ1) is 6.88. The second-order valence-electron chi connectivity index (χ2n) is 4.39. The van der Waals surface area contributed by atoms with E-state index < -0.39 is 0 Å². The van der Waals surface area contributed by atoms with Crippen molar-refractivity contribution < 1.29 is 0 Å². The average Bonchev–Trinajstić information content (AvgIpc) is 2.30. The molecule has 2 atom stereocenters. The maximum Gasteiger partial charge on any atom is 0.0233 e. The predicted molar refractivity (Wildman–Crippen MR) is 58.5 cm³/mol. The Kier molecular flexibility index (Phi) is 3.75. The average molecular weight is 198 g/mol. The molecule has 0 amide bonds. The molecule has 0 radical (unpaired) electrons. The molecule has 4 heteroatoms. The van der Waals surface area contributed by atoms with Gasteiger partial charge in [0, 0.05) is 51.4 Å². The smallest absolute Gasteiger partial charge is 0.0233 e. The molecule has 2 unspecified atom stereocenters. The van der Waals surface area contributed by atoms with E-state index in [4.69, 9.17) is 0 Å². The molecule has 0 spiro atoms. The lowest BCUT2D eigenvalue weighted by Crippen LogP contribution is -2.59. The van der Waals surface area contributed by atoms with Crippen molar-refractivity contribution in [1.29, 1.82) is 0 Å². The Bertz CT molecular complexity index is 144. The van der Waals surface area contributed by atoms with Crippen LogP contribution in [0.3, 0.4) is 0 Å². The first-order valence-corrected chi connectivity index (χ1v) is 5.76. The number of hydrogen-bond acceptors (Lipinski definition) is 4. The second-order valence-corrected chi connectivity index (χ2v) is 4.39. The summed E-state index contributed by atoms with van der Waals surface area (Å²) in [5.41, 5.74) is 0. The van der Waals surface area contributed by atoms with Gasteiger partial charge in [-0.2, -0.15) is 0 Å². The van der Waals surface area contributed by atoms with Crippen LogP contribution >= 0.6 is 0 Å². The number of rotatable bonds is 2. The monoisotopic (exact) mass is 198 g/mol. The lowest BCUT2D eigenvalue weighted by atomic mass is 9.91. The van der Waals surface area contributed by atoms with Crippen molar-refractivity contribution in [3.8, 4) is 0 Å². The Hall–Kier alpha value is -0.160. The maximum absolute atomic E-state index is 3.59. The van der Waals surface area contributed by atoms with Crippen LogP contribution in [0.2, 0.25) is 0 Å². The minimum Gasteiger partial charge on any atom is -0.314 e.